The Labute approximate surface area is 210 Å². The Morgan fingerprint density at radius 3 is 2.75 bits per heavy atom. The van der Waals surface area contributed by atoms with Gasteiger partial charge in [-0.15, -0.1) is 0 Å². The Balaban J connectivity index is 1.81. The van der Waals surface area contributed by atoms with E-state index in [-0.39, 0.29) is 22.6 Å². The normalized spacial score (nSPS) is 16.3. The van der Waals surface area contributed by atoms with E-state index in [4.69, 9.17) is 4.74 Å². The molecule has 9 nitrogen and oxygen atoms in total. The van der Waals surface area contributed by atoms with Crippen molar-refractivity contribution in [3.8, 4) is 17.1 Å². The first kappa shape index (κ1) is 27.0. The van der Waals surface area contributed by atoms with Crippen LogP contribution in [-0.2, 0) is 0 Å². The number of carbonyl (C=O) groups is 1. The number of nitrogens with zero attached hydrogens (tertiary/aromatic N) is 3. The zero-order valence-electron chi connectivity index (χ0n) is 21.1. The topological polar surface area (TPSA) is 113 Å². The van der Waals surface area contributed by atoms with Crippen LogP contribution in [0.1, 0.15) is 57.3 Å². The summed E-state index contributed by atoms with van der Waals surface area (Å²) in [4.78, 5) is 26.0. The van der Waals surface area contributed by atoms with Crippen molar-refractivity contribution in [1.29, 1.82) is 0 Å². The van der Waals surface area contributed by atoms with E-state index in [9.17, 15) is 10.0 Å². The molecule has 1 saturated carbocycles. The molecule has 4 N–H and O–H groups in total. The van der Waals surface area contributed by atoms with Gasteiger partial charge in [-0.1, -0.05) is 30.8 Å². The number of benzene rings is 1. The fourth-order valence-electron chi connectivity index (χ4n) is 3.50. The molecule has 1 aromatic heterocycles. The Hall–Kier alpha value is -3.63. The first-order chi connectivity index (χ1) is 17.2. The summed E-state index contributed by atoms with van der Waals surface area (Å²) in [6.07, 6.45) is 8.87. The van der Waals surface area contributed by atoms with Gasteiger partial charge < -0.3 is 10.1 Å². The molecule has 1 aliphatic rings. The fraction of sp³-hybridized carbons (Fsp3) is 0.385. The third kappa shape index (κ3) is 6.73. The second kappa shape index (κ2) is 11.9. The van der Waals surface area contributed by atoms with Crippen LogP contribution in [-0.4, -0.2) is 45.0 Å². The van der Waals surface area contributed by atoms with E-state index in [1.165, 1.54) is 24.5 Å². The number of hydroxylamine groups is 1. The molecule has 2 unspecified atom stereocenters. The van der Waals surface area contributed by atoms with Crippen LogP contribution in [0.3, 0.4) is 0 Å². The summed E-state index contributed by atoms with van der Waals surface area (Å²) < 4.78 is 20.4. The second-order valence-corrected chi connectivity index (χ2v) is 8.74. The van der Waals surface area contributed by atoms with E-state index in [0.717, 1.165) is 12.8 Å². The highest BCUT2D eigenvalue weighted by atomic mass is 19.1. The highest BCUT2D eigenvalue weighted by molar-refractivity contribution is 6.07. The molecule has 192 valence electrons. The number of rotatable bonds is 12. The van der Waals surface area contributed by atoms with E-state index in [1.54, 1.807) is 18.2 Å². The molecule has 1 aliphatic carbocycles. The van der Waals surface area contributed by atoms with Gasteiger partial charge in [-0.05, 0) is 45.4 Å². The van der Waals surface area contributed by atoms with Gasteiger partial charge in [0.1, 0.15) is 11.9 Å². The Bertz CT molecular complexity index is 1160. The lowest BCUT2D eigenvalue weighted by atomic mass is 9.91. The van der Waals surface area contributed by atoms with Crippen molar-refractivity contribution in [3.05, 3.63) is 66.5 Å². The summed E-state index contributed by atoms with van der Waals surface area (Å²) in [7, 11) is 0. The molecule has 0 aliphatic heterocycles. The molecule has 0 radical (unpaired) electrons. The standard InChI is InChI=1S/C26H33FN6O3/c1-6-9-23(29-17(4)32-33(35)19-11-12-19)26(5,7-2)31-25(34)20-13-10-18(14-21(20)27)22-15-28-16-24(30-22)36-8-3/h6,9-10,13-16,19,32,35H,4,7-8,11-12H2,1-3,5H3,(H,31,34)/p+1/b9-6-,29-23+. The third-order valence-electron chi connectivity index (χ3n) is 5.89. The predicted molar refractivity (Wildman–Crippen MR) is 135 cm³/mol. The number of hydrogen-bond acceptors (Lipinski definition) is 7. The molecule has 0 spiro atoms. The summed E-state index contributed by atoms with van der Waals surface area (Å²) in [6.45, 7) is 11.7. The van der Waals surface area contributed by atoms with Gasteiger partial charge >= 0.3 is 0 Å². The first-order valence-electron chi connectivity index (χ1n) is 12.0. The minimum absolute atomic E-state index is 0.108. The van der Waals surface area contributed by atoms with Crippen molar-refractivity contribution in [2.24, 2.45) is 4.99 Å². The maximum absolute atomic E-state index is 15.1. The van der Waals surface area contributed by atoms with Gasteiger partial charge in [0.25, 0.3) is 5.91 Å². The molecule has 1 aromatic carbocycles. The zero-order chi connectivity index (χ0) is 26.3. The zero-order valence-corrected chi connectivity index (χ0v) is 21.1. The van der Waals surface area contributed by atoms with Gasteiger partial charge in [0.2, 0.25) is 5.88 Å². The average Bonchev–Trinajstić information content (AvgIpc) is 3.69. The molecule has 10 heteroatoms. The van der Waals surface area contributed by atoms with Crippen molar-refractivity contribution in [3.63, 3.8) is 0 Å². The molecule has 1 heterocycles. The number of halogens is 1. The Kier molecular flexibility index (Phi) is 8.89. The summed E-state index contributed by atoms with van der Waals surface area (Å²) in [6, 6.07) is 4.41. The number of nitrogens with one attached hydrogen (secondary N) is 3. The highest BCUT2D eigenvalue weighted by Crippen LogP contribution is 2.23. The summed E-state index contributed by atoms with van der Waals surface area (Å²) in [5, 5.41) is 13.1. The number of quaternary nitrogens is 1. The van der Waals surface area contributed by atoms with Crippen LogP contribution >= 0.6 is 0 Å². The van der Waals surface area contributed by atoms with Crippen molar-refractivity contribution in [2.45, 2.75) is 58.5 Å². The fourth-order valence-corrected chi connectivity index (χ4v) is 3.50. The quantitative estimate of drug-likeness (QED) is 0.265. The monoisotopic (exact) mass is 497 g/mol. The highest BCUT2D eigenvalue weighted by Gasteiger charge is 2.35. The molecule has 0 bridgehead atoms. The van der Waals surface area contributed by atoms with Crippen LogP contribution in [0, 0.1) is 5.82 Å². The van der Waals surface area contributed by atoms with Crippen LogP contribution < -0.4 is 20.7 Å². The minimum atomic E-state index is -0.925. The largest absolute Gasteiger partial charge is 0.477 e. The molecule has 2 aromatic rings. The molecule has 1 amide bonds. The van der Waals surface area contributed by atoms with Gasteiger partial charge in [-0.3, -0.25) is 9.78 Å². The summed E-state index contributed by atoms with van der Waals surface area (Å²) in [5.41, 5.74) is 3.21. The maximum Gasteiger partial charge on any atom is 0.254 e. The summed E-state index contributed by atoms with van der Waals surface area (Å²) >= 11 is 0. The maximum atomic E-state index is 15.1. The van der Waals surface area contributed by atoms with Gasteiger partial charge in [-0.2, -0.15) is 10.6 Å². The van der Waals surface area contributed by atoms with Gasteiger partial charge in [-0.25, -0.2) is 14.4 Å². The predicted octanol–water partition coefficient (Wildman–Crippen LogP) is 3.01. The average molecular weight is 498 g/mol. The van der Waals surface area contributed by atoms with E-state index < -0.39 is 17.3 Å². The number of allylic oxidation sites excluding steroid dienone is 1. The van der Waals surface area contributed by atoms with E-state index in [0.29, 0.717) is 35.9 Å². The van der Waals surface area contributed by atoms with Crippen LogP contribution in [0.5, 0.6) is 5.88 Å². The van der Waals surface area contributed by atoms with Crippen LogP contribution in [0.25, 0.3) is 11.3 Å². The smallest absolute Gasteiger partial charge is 0.254 e. The number of amides is 1. The molecular weight excluding hydrogens is 463 g/mol. The van der Waals surface area contributed by atoms with Gasteiger partial charge in [0, 0.05) is 18.4 Å². The SMILES string of the molecule is C=C(/N=C(\C=C/C)C(C)(CC)NC(=O)c1ccc(-c2cncc(OCC)n2)cc1F)N[NH+](O)C1CC1. The third-order valence-corrected chi connectivity index (χ3v) is 5.89. The summed E-state index contributed by atoms with van der Waals surface area (Å²) in [5.74, 6) is -0.675. The van der Waals surface area contributed by atoms with Crippen LogP contribution in [0.15, 0.2) is 60.1 Å². The van der Waals surface area contributed by atoms with Crippen molar-refractivity contribution < 1.29 is 24.3 Å². The minimum Gasteiger partial charge on any atom is -0.477 e. The van der Waals surface area contributed by atoms with Crippen LogP contribution in [0.2, 0.25) is 0 Å². The van der Waals surface area contributed by atoms with E-state index in [1.807, 2.05) is 27.7 Å². The first-order valence-corrected chi connectivity index (χ1v) is 12.0. The van der Waals surface area contributed by atoms with E-state index in [2.05, 4.69) is 32.3 Å². The van der Waals surface area contributed by atoms with Gasteiger partial charge in [0.05, 0.1) is 41.5 Å². The van der Waals surface area contributed by atoms with Crippen molar-refractivity contribution >= 4 is 11.6 Å². The van der Waals surface area contributed by atoms with E-state index >= 15 is 4.39 Å². The van der Waals surface area contributed by atoms with Crippen molar-refractivity contribution in [2.75, 3.05) is 6.61 Å². The van der Waals surface area contributed by atoms with Crippen LogP contribution in [0.4, 0.5) is 4.39 Å². The Morgan fingerprint density at radius 2 is 2.14 bits per heavy atom. The second-order valence-electron chi connectivity index (χ2n) is 8.74. The number of aliphatic imine (C=N–C) groups is 1. The molecule has 3 rings (SSSR count). The number of hydrogen-bond donors (Lipinski definition) is 4. The lowest BCUT2D eigenvalue weighted by Gasteiger charge is -2.30. The molecule has 2 atom stereocenters. The molecule has 0 saturated heterocycles. The number of carbonyl (C=O) groups excluding carboxylic acids is 1. The van der Waals surface area contributed by atoms with Gasteiger partial charge in [0.15, 0.2) is 5.82 Å². The number of ether oxygens (including phenoxy) is 1. The number of aromatic nitrogens is 2. The lowest BCUT2D eigenvalue weighted by Crippen LogP contribution is -3.17. The molecule has 36 heavy (non-hydrogen) atoms. The Morgan fingerprint density at radius 1 is 1.39 bits per heavy atom. The van der Waals surface area contributed by atoms with Crippen molar-refractivity contribution in [1.82, 2.24) is 20.7 Å². The molecular formula is C26H34FN6O3+. The lowest BCUT2D eigenvalue weighted by molar-refractivity contribution is -1.13. The molecule has 1 fully saturated rings.